The van der Waals surface area contributed by atoms with Gasteiger partial charge in [-0.3, -0.25) is 4.79 Å². The fraction of sp³-hybridized carbons (Fsp3) is 0.462. The molecule has 0 bridgehead atoms. The van der Waals surface area contributed by atoms with Gasteiger partial charge in [0.05, 0.1) is 11.9 Å². The molecule has 0 aliphatic carbocycles. The third kappa shape index (κ3) is 1.96. The van der Waals surface area contributed by atoms with Crippen LogP contribution in [0, 0.1) is 0 Å². The summed E-state index contributed by atoms with van der Waals surface area (Å²) >= 11 is 0. The summed E-state index contributed by atoms with van der Waals surface area (Å²) < 4.78 is 0. The molecule has 5 heteroatoms. The Morgan fingerprint density at radius 2 is 2.28 bits per heavy atom. The van der Waals surface area contributed by atoms with E-state index in [1.54, 1.807) is 12.3 Å². The first-order chi connectivity index (χ1) is 8.74. The molecule has 0 radical (unpaired) electrons. The molecule has 0 aromatic carbocycles. The number of anilines is 2. The summed E-state index contributed by atoms with van der Waals surface area (Å²) in [5, 5.41) is 3.09. The van der Waals surface area contributed by atoms with E-state index in [9.17, 15) is 4.79 Å². The van der Waals surface area contributed by atoms with Gasteiger partial charge in [-0.15, -0.1) is 0 Å². The Hall–Kier alpha value is -1.91. The van der Waals surface area contributed by atoms with E-state index in [-0.39, 0.29) is 12.2 Å². The number of carbonyl (C=O) groups is 1. The van der Waals surface area contributed by atoms with Crippen LogP contribution in [0.15, 0.2) is 12.8 Å². The lowest BCUT2D eigenvalue weighted by Crippen LogP contribution is -2.44. The molecule has 0 spiro atoms. The van der Waals surface area contributed by atoms with Crippen molar-refractivity contribution in [2.24, 2.45) is 0 Å². The Labute approximate surface area is 107 Å². The molecule has 0 fully saturated rings. The molecule has 5 nitrogen and oxygen atoms in total. The van der Waals surface area contributed by atoms with Crippen LogP contribution < -0.4 is 10.2 Å². The SMILES string of the molecule is C=Cc1cnc2c(n1)NC(C=O)N2C(CC)CC. The van der Waals surface area contributed by atoms with Crippen molar-refractivity contribution in [3.05, 3.63) is 18.5 Å². The first kappa shape index (κ1) is 12.5. The molecule has 1 N–H and O–H groups in total. The average Bonchev–Trinajstić information content (AvgIpc) is 2.78. The maximum absolute atomic E-state index is 11.2. The van der Waals surface area contributed by atoms with Crippen LogP contribution in [-0.4, -0.2) is 28.5 Å². The number of hydrogen-bond acceptors (Lipinski definition) is 5. The summed E-state index contributed by atoms with van der Waals surface area (Å²) in [7, 11) is 0. The third-order valence-electron chi connectivity index (χ3n) is 3.27. The van der Waals surface area contributed by atoms with Gasteiger partial charge in [0.2, 0.25) is 0 Å². The number of fused-ring (bicyclic) bond motifs is 1. The molecular formula is C13H18N4O. The predicted octanol–water partition coefficient (Wildman–Crippen LogP) is 2.07. The summed E-state index contributed by atoms with van der Waals surface area (Å²) in [5.74, 6) is 1.42. The minimum absolute atomic E-state index is 0.290. The Balaban J connectivity index is 2.41. The molecule has 1 aromatic rings. The van der Waals surface area contributed by atoms with Crippen molar-refractivity contribution in [1.29, 1.82) is 0 Å². The smallest absolute Gasteiger partial charge is 0.174 e. The van der Waals surface area contributed by atoms with Crippen LogP contribution >= 0.6 is 0 Å². The van der Waals surface area contributed by atoms with Gasteiger partial charge in [-0.2, -0.15) is 0 Å². The lowest BCUT2D eigenvalue weighted by atomic mass is 10.1. The van der Waals surface area contributed by atoms with Crippen LogP contribution in [0.25, 0.3) is 6.08 Å². The Bertz CT molecular complexity index is 456. The highest BCUT2D eigenvalue weighted by molar-refractivity contribution is 5.80. The summed E-state index contributed by atoms with van der Waals surface area (Å²) in [6.07, 6.45) is 5.78. The second kappa shape index (κ2) is 5.16. The number of carbonyl (C=O) groups excluding carboxylic acids is 1. The van der Waals surface area contributed by atoms with Gasteiger partial charge in [0, 0.05) is 6.04 Å². The van der Waals surface area contributed by atoms with Gasteiger partial charge in [-0.05, 0) is 18.9 Å². The van der Waals surface area contributed by atoms with E-state index in [1.165, 1.54) is 0 Å². The first-order valence-corrected chi connectivity index (χ1v) is 6.24. The molecule has 96 valence electrons. The maximum Gasteiger partial charge on any atom is 0.174 e. The van der Waals surface area contributed by atoms with Gasteiger partial charge in [0.1, 0.15) is 0 Å². The third-order valence-corrected chi connectivity index (χ3v) is 3.27. The van der Waals surface area contributed by atoms with Crippen molar-refractivity contribution in [3.63, 3.8) is 0 Å². The Kier molecular flexibility index (Phi) is 3.60. The summed E-state index contributed by atoms with van der Waals surface area (Å²) in [5.41, 5.74) is 0.706. The molecular weight excluding hydrogens is 228 g/mol. The van der Waals surface area contributed by atoms with E-state index < -0.39 is 0 Å². The van der Waals surface area contributed by atoms with Crippen molar-refractivity contribution in [2.75, 3.05) is 10.2 Å². The van der Waals surface area contributed by atoms with Crippen LogP contribution in [0.1, 0.15) is 32.4 Å². The van der Waals surface area contributed by atoms with Crippen molar-refractivity contribution in [3.8, 4) is 0 Å². The normalized spacial score (nSPS) is 17.5. The van der Waals surface area contributed by atoms with E-state index >= 15 is 0 Å². The minimum Gasteiger partial charge on any atom is -0.341 e. The standard InChI is InChI=1S/C13H18N4O/c1-4-9-7-14-13-12(15-9)16-11(8-18)17(13)10(5-2)6-3/h4,7-8,10-11H,1,5-6H2,2-3H3,(H,15,16). The first-order valence-electron chi connectivity index (χ1n) is 6.24. The van der Waals surface area contributed by atoms with Gasteiger partial charge in [-0.25, -0.2) is 9.97 Å². The summed E-state index contributed by atoms with van der Waals surface area (Å²) in [6, 6.07) is 0.290. The van der Waals surface area contributed by atoms with Gasteiger partial charge < -0.3 is 10.2 Å². The van der Waals surface area contributed by atoms with Gasteiger partial charge in [0.15, 0.2) is 24.1 Å². The molecule has 1 aliphatic heterocycles. The van der Waals surface area contributed by atoms with Crippen LogP contribution in [-0.2, 0) is 4.79 Å². The van der Waals surface area contributed by atoms with Crippen molar-refractivity contribution < 1.29 is 4.79 Å². The number of aldehydes is 1. The Morgan fingerprint density at radius 1 is 1.56 bits per heavy atom. The highest BCUT2D eigenvalue weighted by atomic mass is 16.1. The van der Waals surface area contributed by atoms with E-state index in [4.69, 9.17) is 0 Å². The Morgan fingerprint density at radius 3 is 2.83 bits per heavy atom. The molecule has 0 saturated carbocycles. The molecule has 0 saturated heterocycles. The van der Waals surface area contributed by atoms with Crippen molar-refractivity contribution in [2.45, 2.75) is 38.9 Å². The average molecular weight is 246 g/mol. The monoisotopic (exact) mass is 246 g/mol. The maximum atomic E-state index is 11.2. The molecule has 1 aliphatic rings. The lowest BCUT2D eigenvalue weighted by Gasteiger charge is -2.29. The van der Waals surface area contributed by atoms with Gasteiger partial charge in [-0.1, -0.05) is 20.4 Å². The quantitative estimate of drug-likeness (QED) is 0.806. The lowest BCUT2D eigenvalue weighted by molar-refractivity contribution is -0.108. The number of hydrogen-bond donors (Lipinski definition) is 1. The predicted molar refractivity (Wildman–Crippen MR) is 72.4 cm³/mol. The van der Waals surface area contributed by atoms with E-state index in [2.05, 4.69) is 35.7 Å². The van der Waals surface area contributed by atoms with Crippen molar-refractivity contribution >= 4 is 24.0 Å². The zero-order chi connectivity index (χ0) is 13.1. The molecule has 2 heterocycles. The van der Waals surface area contributed by atoms with Crippen LogP contribution in [0.2, 0.25) is 0 Å². The molecule has 2 rings (SSSR count). The van der Waals surface area contributed by atoms with Crippen molar-refractivity contribution in [1.82, 2.24) is 9.97 Å². The number of aromatic nitrogens is 2. The summed E-state index contributed by atoms with van der Waals surface area (Å²) in [6.45, 7) is 7.89. The van der Waals surface area contributed by atoms with E-state index in [0.717, 1.165) is 24.9 Å². The van der Waals surface area contributed by atoms with Crippen LogP contribution in [0.3, 0.4) is 0 Å². The molecule has 18 heavy (non-hydrogen) atoms. The van der Waals surface area contributed by atoms with E-state index in [1.807, 2.05) is 4.90 Å². The second-order valence-corrected chi connectivity index (χ2v) is 4.27. The largest absolute Gasteiger partial charge is 0.341 e. The van der Waals surface area contributed by atoms with Gasteiger partial charge >= 0.3 is 0 Å². The number of rotatable bonds is 5. The fourth-order valence-electron chi connectivity index (χ4n) is 2.30. The molecule has 1 atom stereocenters. The second-order valence-electron chi connectivity index (χ2n) is 4.27. The zero-order valence-electron chi connectivity index (χ0n) is 10.8. The minimum atomic E-state index is -0.370. The molecule has 1 unspecified atom stereocenters. The van der Waals surface area contributed by atoms with E-state index in [0.29, 0.717) is 11.5 Å². The van der Waals surface area contributed by atoms with Gasteiger partial charge in [0.25, 0.3) is 0 Å². The van der Waals surface area contributed by atoms with Crippen LogP contribution in [0.4, 0.5) is 11.6 Å². The highest BCUT2D eigenvalue weighted by Crippen LogP contribution is 2.33. The highest BCUT2D eigenvalue weighted by Gasteiger charge is 2.34. The number of nitrogens with zero attached hydrogens (tertiary/aromatic N) is 3. The number of nitrogens with one attached hydrogen (secondary N) is 1. The molecule has 0 amide bonds. The summed E-state index contributed by atoms with van der Waals surface area (Å²) in [4.78, 5) is 22.0. The fourth-order valence-corrected chi connectivity index (χ4v) is 2.30. The zero-order valence-corrected chi connectivity index (χ0v) is 10.8. The van der Waals surface area contributed by atoms with Crippen LogP contribution in [0.5, 0.6) is 0 Å². The topological polar surface area (TPSA) is 58.1 Å². The molecule has 1 aromatic heterocycles.